The van der Waals surface area contributed by atoms with Crippen LogP contribution in [0.3, 0.4) is 0 Å². The largest absolute Gasteiger partial charge is 0.497 e. The second-order valence-electron chi connectivity index (χ2n) is 14.4. The van der Waals surface area contributed by atoms with E-state index in [1.165, 1.54) is 16.2 Å². The van der Waals surface area contributed by atoms with Crippen molar-refractivity contribution in [3.8, 4) is 22.9 Å². The summed E-state index contributed by atoms with van der Waals surface area (Å²) in [5.41, 5.74) is 0.417. The Morgan fingerprint density at radius 1 is 1.15 bits per heavy atom. The molecule has 3 aliphatic rings. The molecule has 6 rings (SSSR count). The van der Waals surface area contributed by atoms with E-state index in [1.54, 1.807) is 39.3 Å². The molecule has 1 aromatic carbocycles. The Morgan fingerprint density at radius 2 is 1.94 bits per heavy atom. The summed E-state index contributed by atoms with van der Waals surface area (Å²) in [5, 5.41) is 12.4. The van der Waals surface area contributed by atoms with Gasteiger partial charge in [-0.2, -0.15) is 0 Å². The predicted octanol–water partition coefficient (Wildman–Crippen LogP) is 4.58. The van der Waals surface area contributed by atoms with Gasteiger partial charge in [0.2, 0.25) is 15.9 Å². The van der Waals surface area contributed by atoms with E-state index in [4.69, 9.17) is 19.4 Å². The third kappa shape index (κ3) is 8.12. The van der Waals surface area contributed by atoms with Gasteiger partial charge in [-0.05, 0) is 71.4 Å². The van der Waals surface area contributed by atoms with Gasteiger partial charge < -0.3 is 30.3 Å². The number of pyridine rings is 1. The first-order chi connectivity index (χ1) is 24.7. The molecule has 14 nitrogen and oxygen atoms in total. The number of carbonyl (C=O) groups excluding carboxylic acids is 3. The van der Waals surface area contributed by atoms with Gasteiger partial charge in [-0.25, -0.2) is 23.2 Å². The molecule has 280 valence electrons. The van der Waals surface area contributed by atoms with E-state index in [-0.39, 0.29) is 25.5 Å². The molecule has 3 atom stereocenters. The minimum absolute atomic E-state index is 0.0130. The van der Waals surface area contributed by atoms with Crippen LogP contribution >= 0.6 is 11.3 Å². The van der Waals surface area contributed by atoms with E-state index in [2.05, 4.69) is 20.7 Å². The van der Waals surface area contributed by atoms with Crippen LogP contribution in [0.5, 0.6) is 11.5 Å². The highest BCUT2D eigenvalue weighted by Crippen LogP contribution is 2.47. The number of nitrogens with one attached hydrogen (secondary N) is 4. The Morgan fingerprint density at radius 3 is 2.67 bits per heavy atom. The topological polar surface area (TPSA) is 181 Å². The number of amides is 4. The van der Waals surface area contributed by atoms with Crippen molar-refractivity contribution in [2.45, 2.75) is 88.1 Å². The average Bonchev–Trinajstić information content (AvgIpc) is 3.97. The quantitative estimate of drug-likeness (QED) is 0.203. The molecule has 3 aromatic rings. The van der Waals surface area contributed by atoms with Gasteiger partial charge in [0.15, 0.2) is 5.13 Å². The van der Waals surface area contributed by atoms with Crippen LogP contribution in [0.15, 0.2) is 41.8 Å². The molecule has 1 aliphatic heterocycles. The van der Waals surface area contributed by atoms with E-state index in [9.17, 15) is 22.8 Å². The van der Waals surface area contributed by atoms with Gasteiger partial charge in [0, 0.05) is 54.9 Å². The molecule has 3 heterocycles. The van der Waals surface area contributed by atoms with Crippen LogP contribution < -0.4 is 30.1 Å². The molecule has 0 saturated heterocycles. The van der Waals surface area contributed by atoms with Crippen LogP contribution in [0.25, 0.3) is 22.3 Å². The number of thiazole rings is 1. The summed E-state index contributed by atoms with van der Waals surface area (Å²) in [4.78, 5) is 52.0. The lowest BCUT2D eigenvalue weighted by atomic mass is 10.1. The molecule has 0 unspecified atom stereocenters. The lowest BCUT2D eigenvalue weighted by Crippen LogP contribution is -2.58. The Hall–Kier alpha value is -4.44. The SMILES string of the molecule is COc1ccc2c(OCC[C@@H]3NC(=O)N(C)CCCC/C=C\[C@@H]4C[C@@]4(C(=O)NS(=O)(=O)C4(C)CC4)NC3=O)cc(-c3csc(NC(C)C)n3)nc2c1. The van der Waals surface area contributed by atoms with Crippen LogP contribution in [0, 0.1) is 5.92 Å². The summed E-state index contributed by atoms with van der Waals surface area (Å²) in [7, 11) is -0.698. The van der Waals surface area contributed by atoms with Gasteiger partial charge in [0.25, 0.3) is 5.91 Å². The molecule has 2 fully saturated rings. The molecule has 2 aromatic heterocycles. The first-order valence-electron chi connectivity index (χ1n) is 17.6. The van der Waals surface area contributed by atoms with Crippen molar-refractivity contribution >= 4 is 55.2 Å². The van der Waals surface area contributed by atoms with Gasteiger partial charge in [-0.15, -0.1) is 11.3 Å². The summed E-state index contributed by atoms with van der Waals surface area (Å²) >= 11 is 1.47. The number of carbonyl (C=O) groups is 3. The van der Waals surface area contributed by atoms with E-state index in [0.717, 1.165) is 24.4 Å². The van der Waals surface area contributed by atoms with Crippen molar-refractivity contribution in [1.29, 1.82) is 0 Å². The summed E-state index contributed by atoms with van der Waals surface area (Å²) in [5.74, 6) is -0.648. The van der Waals surface area contributed by atoms with Gasteiger partial charge >= 0.3 is 6.03 Å². The number of allylic oxidation sites excluding steroid dienone is 1. The highest BCUT2D eigenvalue weighted by molar-refractivity contribution is 7.91. The van der Waals surface area contributed by atoms with E-state index >= 15 is 0 Å². The van der Waals surface area contributed by atoms with Crippen LogP contribution in [-0.2, 0) is 19.6 Å². The Balaban J connectivity index is 1.25. The molecular formula is C36H47N7O7S2. The molecular weight excluding hydrogens is 707 g/mol. The Labute approximate surface area is 308 Å². The number of urea groups is 1. The molecule has 0 spiro atoms. The fraction of sp³-hybridized carbons (Fsp3) is 0.528. The van der Waals surface area contributed by atoms with Crippen molar-refractivity contribution < 1.29 is 32.3 Å². The van der Waals surface area contributed by atoms with Crippen LogP contribution in [0.4, 0.5) is 9.93 Å². The number of sulfonamides is 1. The van der Waals surface area contributed by atoms with E-state index in [0.29, 0.717) is 53.2 Å². The summed E-state index contributed by atoms with van der Waals surface area (Å²) in [6.45, 7) is 6.18. The van der Waals surface area contributed by atoms with Gasteiger partial charge in [0.1, 0.15) is 28.8 Å². The number of aromatic nitrogens is 2. The standard InChI is InChI=1S/C36H47N7O7S2/c1-22(2)37-33-39-29(21-51-33)28-19-30(25-12-11-24(49-5)18-27(25)38-28)50-17-13-26-31(44)41-36(32(45)42-52(47,48)35(3)14-15-35)20-23(36)10-8-6-7-9-16-43(4)34(46)40-26/h8,10-12,18-19,21-23,26H,6-7,9,13-17,20H2,1-5H3,(H,37,39)(H,40,46)(H,41,44)(H,42,45)/b10-8-/t23-,26+,36-/m1/s1. The maximum Gasteiger partial charge on any atom is 0.317 e. The highest BCUT2D eigenvalue weighted by atomic mass is 32.2. The lowest BCUT2D eigenvalue weighted by molar-refractivity contribution is -0.130. The fourth-order valence-corrected chi connectivity index (χ4v) is 8.28. The lowest BCUT2D eigenvalue weighted by Gasteiger charge is -2.26. The second kappa shape index (κ2) is 14.9. The van der Waals surface area contributed by atoms with Gasteiger partial charge in [0.05, 0.1) is 29.7 Å². The zero-order valence-corrected chi connectivity index (χ0v) is 31.8. The normalized spacial score (nSPS) is 23.8. The number of benzene rings is 1. The smallest absolute Gasteiger partial charge is 0.317 e. The maximum absolute atomic E-state index is 14.0. The zero-order chi connectivity index (χ0) is 37.3. The Bertz CT molecular complexity index is 1980. The first kappa shape index (κ1) is 37.3. The minimum Gasteiger partial charge on any atom is -0.497 e. The third-order valence-electron chi connectivity index (χ3n) is 9.86. The highest BCUT2D eigenvalue weighted by Gasteiger charge is 2.62. The van der Waals surface area contributed by atoms with E-state index in [1.807, 2.05) is 37.4 Å². The monoisotopic (exact) mass is 753 g/mol. The van der Waals surface area contributed by atoms with Crippen molar-refractivity contribution in [2.75, 3.05) is 32.6 Å². The Kier molecular flexibility index (Phi) is 10.7. The summed E-state index contributed by atoms with van der Waals surface area (Å²) in [6, 6.07) is 5.92. The number of hydrogen-bond acceptors (Lipinski definition) is 11. The number of methoxy groups -OCH3 is 1. The van der Waals surface area contributed by atoms with E-state index < -0.39 is 50.1 Å². The van der Waals surface area contributed by atoms with Crippen molar-refractivity contribution in [3.63, 3.8) is 0 Å². The minimum atomic E-state index is -3.94. The number of nitrogens with zero attached hydrogens (tertiary/aromatic N) is 3. The van der Waals surface area contributed by atoms with Crippen LogP contribution in [0.1, 0.15) is 65.7 Å². The van der Waals surface area contributed by atoms with Gasteiger partial charge in [-0.3, -0.25) is 14.3 Å². The average molecular weight is 754 g/mol. The molecule has 2 saturated carbocycles. The van der Waals surface area contributed by atoms with Crippen molar-refractivity contribution in [3.05, 3.63) is 41.8 Å². The fourth-order valence-electron chi connectivity index (χ4n) is 6.12. The molecule has 52 heavy (non-hydrogen) atoms. The third-order valence-corrected chi connectivity index (χ3v) is 12.8. The molecule has 4 N–H and O–H groups in total. The van der Waals surface area contributed by atoms with Crippen molar-refractivity contribution in [1.82, 2.24) is 30.2 Å². The number of fused-ring (bicyclic) bond motifs is 2. The number of anilines is 1. The van der Waals surface area contributed by atoms with Crippen LogP contribution in [0.2, 0.25) is 0 Å². The number of ether oxygens (including phenoxy) is 2. The first-order valence-corrected chi connectivity index (χ1v) is 20.0. The predicted molar refractivity (Wildman–Crippen MR) is 200 cm³/mol. The number of hydrogen-bond donors (Lipinski definition) is 4. The second-order valence-corrected chi connectivity index (χ2v) is 17.4. The molecule has 2 aliphatic carbocycles. The zero-order valence-electron chi connectivity index (χ0n) is 30.2. The molecule has 4 amide bonds. The van der Waals surface area contributed by atoms with Gasteiger partial charge in [-0.1, -0.05) is 12.2 Å². The maximum atomic E-state index is 14.0. The van der Waals surface area contributed by atoms with Crippen LogP contribution in [-0.4, -0.2) is 90.8 Å². The summed E-state index contributed by atoms with van der Waals surface area (Å²) < 4.78 is 39.1. The molecule has 0 bridgehead atoms. The number of rotatable bonds is 11. The molecule has 16 heteroatoms. The molecule has 0 radical (unpaired) electrons. The van der Waals surface area contributed by atoms with Crippen molar-refractivity contribution in [2.24, 2.45) is 5.92 Å². The summed E-state index contributed by atoms with van der Waals surface area (Å²) in [6.07, 6.45) is 7.34.